The van der Waals surface area contributed by atoms with Crippen molar-refractivity contribution in [1.82, 2.24) is 10.2 Å². The molecule has 3 rings (SSSR count). The zero-order valence-corrected chi connectivity index (χ0v) is 17.1. The molecule has 0 aliphatic carbocycles. The molecule has 1 aromatic heterocycles. The van der Waals surface area contributed by atoms with Crippen LogP contribution in [-0.4, -0.2) is 27.8 Å². The third-order valence-corrected chi connectivity index (χ3v) is 5.71. The van der Waals surface area contributed by atoms with Gasteiger partial charge in [0.2, 0.25) is 11.0 Å². The highest BCUT2D eigenvalue weighted by molar-refractivity contribution is 9.10. The summed E-state index contributed by atoms with van der Waals surface area (Å²) in [4.78, 5) is 24.1. The van der Waals surface area contributed by atoms with Crippen molar-refractivity contribution in [2.24, 2.45) is 0 Å². The number of aromatic nitrogens is 2. The summed E-state index contributed by atoms with van der Waals surface area (Å²) in [7, 11) is 0. The molecule has 11 heteroatoms. The van der Waals surface area contributed by atoms with Crippen LogP contribution in [0.2, 0.25) is 0 Å². The van der Waals surface area contributed by atoms with Crippen LogP contribution < -0.4 is 10.6 Å². The standard InChI is InChI=1S/C17H11BrF2N4O2S2/c18-10-3-1-2-9(6-10)15(26)22-16-23-24-17(28-16)27-8-14(25)21-13-5-4-11(19)7-12(13)20/h1-7H,8H2,(H,21,25)(H,22,23,26). The van der Waals surface area contributed by atoms with E-state index in [1.807, 2.05) is 0 Å². The number of rotatable bonds is 6. The zero-order valence-electron chi connectivity index (χ0n) is 13.9. The lowest BCUT2D eigenvalue weighted by Crippen LogP contribution is -2.15. The smallest absolute Gasteiger partial charge is 0.257 e. The first kappa shape index (κ1) is 20.4. The van der Waals surface area contributed by atoms with E-state index in [2.05, 4.69) is 36.8 Å². The maximum atomic E-state index is 13.5. The SMILES string of the molecule is O=C(CSc1nnc(NC(=O)c2cccc(Br)c2)s1)Nc1ccc(F)cc1F. The van der Waals surface area contributed by atoms with Crippen LogP contribution in [0, 0.1) is 11.6 Å². The topological polar surface area (TPSA) is 84.0 Å². The summed E-state index contributed by atoms with van der Waals surface area (Å²) in [5.41, 5.74) is 0.353. The summed E-state index contributed by atoms with van der Waals surface area (Å²) in [6.07, 6.45) is 0. The van der Waals surface area contributed by atoms with Crippen molar-refractivity contribution in [3.8, 4) is 0 Å². The average Bonchev–Trinajstić information content (AvgIpc) is 3.10. The molecule has 0 bridgehead atoms. The van der Waals surface area contributed by atoms with Crippen LogP contribution in [-0.2, 0) is 4.79 Å². The Morgan fingerprint density at radius 2 is 1.93 bits per heavy atom. The Morgan fingerprint density at radius 3 is 2.68 bits per heavy atom. The molecule has 0 atom stereocenters. The minimum atomic E-state index is -0.855. The first-order valence-corrected chi connectivity index (χ1v) is 10.3. The van der Waals surface area contributed by atoms with Gasteiger partial charge >= 0.3 is 0 Å². The second-order valence-corrected chi connectivity index (χ2v) is 8.41. The van der Waals surface area contributed by atoms with Crippen LogP contribution in [0.4, 0.5) is 19.6 Å². The van der Waals surface area contributed by atoms with Gasteiger partial charge in [0.1, 0.15) is 11.6 Å². The van der Waals surface area contributed by atoms with E-state index in [0.717, 1.165) is 39.7 Å². The van der Waals surface area contributed by atoms with Crippen LogP contribution in [0.25, 0.3) is 0 Å². The Morgan fingerprint density at radius 1 is 1.11 bits per heavy atom. The highest BCUT2D eigenvalue weighted by Crippen LogP contribution is 2.26. The Hall–Kier alpha value is -2.37. The van der Waals surface area contributed by atoms with Crippen molar-refractivity contribution in [3.05, 3.63) is 64.1 Å². The number of benzene rings is 2. The molecule has 0 aliphatic heterocycles. The van der Waals surface area contributed by atoms with Crippen LogP contribution in [0.1, 0.15) is 10.4 Å². The van der Waals surface area contributed by atoms with Gasteiger partial charge in [-0.25, -0.2) is 8.78 Å². The maximum Gasteiger partial charge on any atom is 0.257 e. The highest BCUT2D eigenvalue weighted by Gasteiger charge is 2.13. The van der Waals surface area contributed by atoms with E-state index in [0.29, 0.717) is 16.0 Å². The molecule has 2 N–H and O–H groups in total. The fourth-order valence-electron chi connectivity index (χ4n) is 2.02. The number of nitrogens with one attached hydrogen (secondary N) is 2. The van der Waals surface area contributed by atoms with Gasteiger partial charge in [-0.1, -0.05) is 45.1 Å². The van der Waals surface area contributed by atoms with Gasteiger partial charge in [-0.3, -0.25) is 14.9 Å². The van der Waals surface area contributed by atoms with Gasteiger partial charge in [0.05, 0.1) is 11.4 Å². The van der Waals surface area contributed by atoms with E-state index in [-0.39, 0.29) is 22.5 Å². The molecule has 0 spiro atoms. The zero-order chi connectivity index (χ0) is 20.1. The van der Waals surface area contributed by atoms with Crippen molar-refractivity contribution in [2.75, 3.05) is 16.4 Å². The van der Waals surface area contributed by atoms with E-state index < -0.39 is 17.5 Å². The Labute approximate surface area is 174 Å². The van der Waals surface area contributed by atoms with Crippen molar-refractivity contribution in [1.29, 1.82) is 0 Å². The molecule has 6 nitrogen and oxygen atoms in total. The Balaban J connectivity index is 1.53. The van der Waals surface area contributed by atoms with Gasteiger partial charge in [-0.15, -0.1) is 10.2 Å². The molecule has 0 aliphatic rings. The number of halogens is 3. The summed E-state index contributed by atoms with van der Waals surface area (Å²) in [5.74, 6) is -2.45. The lowest BCUT2D eigenvalue weighted by atomic mass is 10.2. The summed E-state index contributed by atoms with van der Waals surface area (Å²) in [6, 6.07) is 9.77. The van der Waals surface area contributed by atoms with E-state index in [9.17, 15) is 18.4 Å². The predicted octanol–water partition coefficient (Wildman–Crippen LogP) is 4.56. The van der Waals surface area contributed by atoms with Gasteiger partial charge in [0.25, 0.3) is 5.91 Å². The van der Waals surface area contributed by atoms with Gasteiger partial charge in [0, 0.05) is 16.1 Å². The van der Waals surface area contributed by atoms with E-state index >= 15 is 0 Å². The van der Waals surface area contributed by atoms with Crippen LogP contribution in [0.15, 0.2) is 51.3 Å². The number of nitrogens with zero attached hydrogens (tertiary/aromatic N) is 2. The summed E-state index contributed by atoms with van der Waals surface area (Å²) >= 11 is 5.48. The van der Waals surface area contributed by atoms with Gasteiger partial charge < -0.3 is 5.32 Å². The minimum absolute atomic E-state index is 0.0506. The number of carbonyl (C=O) groups excluding carboxylic acids is 2. The van der Waals surface area contributed by atoms with Crippen LogP contribution in [0.5, 0.6) is 0 Å². The molecule has 3 aromatic rings. The van der Waals surface area contributed by atoms with Gasteiger partial charge in [0.15, 0.2) is 4.34 Å². The third kappa shape index (κ3) is 5.57. The fraction of sp³-hybridized carbons (Fsp3) is 0.0588. The molecule has 1 heterocycles. The summed E-state index contributed by atoms with van der Waals surface area (Å²) < 4.78 is 27.6. The number of carbonyl (C=O) groups is 2. The predicted molar refractivity (Wildman–Crippen MR) is 108 cm³/mol. The molecule has 0 saturated heterocycles. The molecule has 0 radical (unpaired) electrons. The van der Waals surface area contributed by atoms with Crippen molar-refractivity contribution >= 4 is 61.7 Å². The average molecular weight is 485 g/mol. The largest absolute Gasteiger partial charge is 0.323 e. The van der Waals surface area contributed by atoms with Gasteiger partial charge in [-0.2, -0.15) is 0 Å². The molecular weight excluding hydrogens is 474 g/mol. The summed E-state index contributed by atoms with van der Waals surface area (Å²) in [6.45, 7) is 0. The molecule has 2 amide bonds. The number of amides is 2. The minimum Gasteiger partial charge on any atom is -0.323 e. The van der Waals surface area contributed by atoms with Crippen LogP contribution >= 0.6 is 39.0 Å². The molecule has 28 heavy (non-hydrogen) atoms. The normalized spacial score (nSPS) is 10.5. The molecule has 2 aromatic carbocycles. The monoisotopic (exact) mass is 484 g/mol. The van der Waals surface area contributed by atoms with Crippen LogP contribution in [0.3, 0.4) is 0 Å². The number of anilines is 2. The quantitative estimate of drug-likeness (QED) is 0.395. The van der Waals surface area contributed by atoms with Crippen molar-refractivity contribution < 1.29 is 18.4 Å². The molecule has 0 fully saturated rings. The maximum absolute atomic E-state index is 13.5. The van der Waals surface area contributed by atoms with E-state index in [4.69, 9.17) is 0 Å². The summed E-state index contributed by atoms with van der Waals surface area (Å²) in [5, 5.41) is 13.0. The lowest BCUT2D eigenvalue weighted by Gasteiger charge is -2.05. The third-order valence-electron chi connectivity index (χ3n) is 3.25. The van der Waals surface area contributed by atoms with Gasteiger partial charge in [-0.05, 0) is 30.3 Å². The first-order valence-electron chi connectivity index (χ1n) is 7.69. The first-order chi connectivity index (χ1) is 13.4. The number of hydrogen-bond donors (Lipinski definition) is 2. The van der Waals surface area contributed by atoms with Crippen molar-refractivity contribution in [3.63, 3.8) is 0 Å². The molecule has 0 unspecified atom stereocenters. The Bertz CT molecular complexity index is 1030. The molecule has 0 saturated carbocycles. The fourth-order valence-corrected chi connectivity index (χ4v) is 3.97. The molecule has 144 valence electrons. The second kappa shape index (κ2) is 9.22. The number of hydrogen-bond acceptors (Lipinski definition) is 6. The molecular formula is C17H11BrF2N4O2S2. The second-order valence-electron chi connectivity index (χ2n) is 5.30. The van der Waals surface area contributed by atoms with E-state index in [1.165, 1.54) is 0 Å². The number of thioether (sulfide) groups is 1. The van der Waals surface area contributed by atoms with E-state index in [1.54, 1.807) is 24.3 Å². The van der Waals surface area contributed by atoms with Crippen molar-refractivity contribution in [2.45, 2.75) is 4.34 Å². The highest BCUT2D eigenvalue weighted by atomic mass is 79.9. The Kier molecular flexibility index (Phi) is 6.70. The lowest BCUT2D eigenvalue weighted by molar-refractivity contribution is -0.113.